The molecule has 0 spiro atoms. The summed E-state index contributed by atoms with van der Waals surface area (Å²) in [7, 11) is 0. The molecule has 1 atom stereocenters. The maximum Gasteiger partial charge on any atom is 0.254 e. The van der Waals surface area contributed by atoms with E-state index in [9.17, 15) is 4.79 Å². The van der Waals surface area contributed by atoms with E-state index in [1.165, 1.54) is 5.56 Å². The number of thiazole rings is 1. The van der Waals surface area contributed by atoms with Crippen LogP contribution in [0.5, 0.6) is 5.75 Å². The van der Waals surface area contributed by atoms with E-state index in [1.54, 1.807) is 11.3 Å². The standard InChI is InChI=1S/C23H26N2O2S/c1-4-18(3)25(23(26)19-10-6-5-7-11-19)14-20-16-28-22(24-20)15-27-21-12-8-9-17(2)13-21/h5-13,16,18H,4,14-15H2,1-3H3. The lowest BCUT2D eigenvalue weighted by Crippen LogP contribution is -2.37. The lowest BCUT2D eigenvalue weighted by molar-refractivity contribution is 0.0669. The number of ether oxygens (including phenoxy) is 1. The highest BCUT2D eigenvalue weighted by molar-refractivity contribution is 7.09. The van der Waals surface area contributed by atoms with Gasteiger partial charge >= 0.3 is 0 Å². The van der Waals surface area contributed by atoms with Crippen molar-refractivity contribution in [3.05, 3.63) is 81.8 Å². The fourth-order valence-electron chi connectivity index (χ4n) is 2.91. The summed E-state index contributed by atoms with van der Waals surface area (Å²) in [6, 6.07) is 17.6. The van der Waals surface area contributed by atoms with Gasteiger partial charge in [-0.2, -0.15) is 0 Å². The number of hydrogen-bond donors (Lipinski definition) is 0. The zero-order valence-electron chi connectivity index (χ0n) is 16.6. The Hall–Kier alpha value is -2.66. The van der Waals surface area contributed by atoms with Gasteiger partial charge in [0.15, 0.2) is 0 Å². The molecule has 1 unspecified atom stereocenters. The van der Waals surface area contributed by atoms with E-state index in [2.05, 4.69) is 18.8 Å². The van der Waals surface area contributed by atoms with Crippen LogP contribution >= 0.6 is 11.3 Å². The highest BCUT2D eigenvalue weighted by Crippen LogP contribution is 2.19. The van der Waals surface area contributed by atoms with Gasteiger partial charge in [-0.1, -0.05) is 37.3 Å². The zero-order valence-corrected chi connectivity index (χ0v) is 17.4. The third-order valence-corrected chi connectivity index (χ3v) is 5.56. The summed E-state index contributed by atoms with van der Waals surface area (Å²) in [5, 5.41) is 2.93. The van der Waals surface area contributed by atoms with Crippen molar-refractivity contribution < 1.29 is 9.53 Å². The first kappa shape index (κ1) is 20.1. The van der Waals surface area contributed by atoms with Crippen LogP contribution < -0.4 is 4.74 Å². The Labute approximate surface area is 170 Å². The Balaban J connectivity index is 1.67. The number of nitrogens with zero attached hydrogens (tertiary/aromatic N) is 2. The van der Waals surface area contributed by atoms with Crippen LogP contribution in [0.15, 0.2) is 60.0 Å². The molecule has 146 valence electrons. The minimum atomic E-state index is 0.0421. The minimum absolute atomic E-state index is 0.0421. The smallest absolute Gasteiger partial charge is 0.254 e. The van der Waals surface area contributed by atoms with Gasteiger partial charge in [-0.3, -0.25) is 4.79 Å². The fraction of sp³-hybridized carbons (Fsp3) is 0.304. The second kappa shape index (κ2) is 9.51. The molecule has 1 amide bonds. The van der Waals surface area contributed by atoms with Gasteiger partial charge < -0.3 is 9.64 Å². The molecule has 5 heteroatoms. The van der Waals surface area contributed by atoms with Crippen molar-refractivity contribution in [2.24, 2.45) is 0 Å². The summed E-state index contributed by atoms with van der Waals surface area (Å²) in [6.45, 7) is 7.16. The molecule has 0 radical (unpaired) electrons. The summed E-state index contributed by atoms with van der Waals surface area (Å²) in [6.07, 6.45) is 0.895. The van der Waals surface area contributed by atoms with Crippen molar-refractivity contribution >= 4 is 17.2 Å². The topological polar surface area (TPSA) is 42.4 Å². The van der Waals surface area contributed by atoms with Gasteiger partial charge in [-0.15, -0.1) is 11.3 Å². The van der Waals surface area contributed by atoms with E-state index in [0.717, 1.165) is 22.9 Å². The van der Waals surface area contributed by atoms with Crippen LogP contribution in [-0.2, 0) is 13.2 Å². The van der Waals surface area contributed by atoms with Gasteiger partial charge in [-0.05, 0) is 50.1 Å². The zero-order chi connectivity index (χ0) is 19.9. The van der Waals surface area contributed by atoms with E-state index in [1.807, 2.05) is 71.8 Å². The van der Waals surface area contributed by atoms with Crippen molar-refractivity contribution in [2.75, 3.05) is 0 Å². The number of aromatic nitrogens is 1. The number of rotatable bonds is 8. The van der Waals surface area contributed by atoms with Crippen LogP contribution in [0.4, 0.5) is 0 Å². The summed E-state index contributed by atoms with van der Waals surface area (Å²) in [4.78, 5) is 19.6. The molecule has 2 aromatic carbocycles. The second-order valence-electron chi connectivity index (χ2n) is 6.89. The maximum absolute atomic E-state index is 13.0. The van der Waals surface area contributed by atoms with Crippen molar-refractivity contribution in [3.8, 4) is 5.75 Å². The lowest BCUT2D eigenvalue weighted by atomic mass is 10.1. The molecular formula is C23H26N2O2S. The molecule has 0 saturated heterocycles. The Morgan fingerprint density at radius 1 is 1.18 bits per heavy atom. The summed E-state index contributed by atoms with van der Waals surface area (Å²) < 4.78 is 5.84. The van der Waals surface area contributed by atoms with Gasteiger partial charge in [0.05, 0.1) is 12.2 Å². The second-order valence-corrected chi connectivity index (χ2v) is 7.84. The van der Waals surface area contributed by atoms with E-state index >= 15 is 0 Å². The number of amides is 1. The highest BCUT2D eigenvalue weighted by Gasteiger charge is 2.21. The predicted molar refractivity (Wildman–Crippen MR) is 114 cm³/mol. The fourth-order valence-corrected chi connectivity index (χ4v) is 3.60. The van der Waals surface area contributed by atoms with E-state index in [0.29, 0.717) is 18.7 Å². The molecule has 0 aliphatic rings. The number of aryl methyl sites for hydroxylation is 1. The monoisotopic (exact) mass is 394 g/mol. The molecule has 0 bridgehead atoms. The largest absolute Gasteiger partial charge is 0.486 e. The average Bonchev–Trinajstić information content (AvgIpc) is 3.18. The molecular weight excluding hydrogens is 368 g/mol. The normalized spacial score (nSPS) is 11.8. The third kappa shape index (κ3) is 5.20. The highest BCUT2D eigenvalue weighted by atomic mass is 32.1. The Bertz CT molecular complexity index is 908. The van der Waals surface area contributed by atoms with Crippen LogP contribution in [0.25, 0.3) is 0 Å². The van der Waals surface area contributed by atoms with Gasteiger partial charge in [0.25, 0.3) is 5.91 Å². The summed E-state index contributed by atoms with van der Waals surface area (Å²) >= 11 is 1.57. The van der Waals surface area contributed by atoms with Gasteiger partial charge in [-0.25, -0.2) is 4.98 Å². The molecule has 1 heterocycles. The predicted octanol–water partition coefficient (Wildman–Crippen LogP) is 5.47. The first-order valence-electron chi connectivity index (χ1n) is 9.55. The number of hydrogen-bond acceptors (Lipinski definition) is 4. The Morgan fingerprint density at radius 2 is 1.96 bits per heavy atom. The van der Waals surface area contributed by atoms with Crippen molar-refractivity contribution in [2.45, 2.75) is 46.4 Å². The summed E-state index contributed by atoms with van der Waals surface area (Å²) in [5.74, 6) is 0.887. The molecule has 0 N–H and O–H groups in total. The first-order valence-corrected chi connectivity index (χ1v) is 10.4. The van der Waals surface area contributed by atoms with E-state index < -0.39 is 0 Å². The Morgan fingerprint density at radius 3 is 2.68 bits per heavy atom. The molecule has 3 rings (SSSR count). The molecule has 3 aromatic rings. The maximum atomic E-state index is 13.0. The molecule has 1 aromatic heterocycles. The molecule has 0 aliphatic carbocycles. The molecule has 28 heavy (non-hydrogen) atoms. The summed E-state index contributed by atoms with van der Waals surface area (Å²) in [5.41, 5.74) is 2.78. The quantitative estimate of drug-likeness (QED) is 0.509. The minimum Gasteiger partial charge on any atom is -0.486 e. The molecule has 0 fully saturated rings. The molecule has 4 nitrogen and oxygen atoms in total. The van der Waals surface area contributed by atoms with Crippen LogP contribution in [0.3, 0.4) is 0 Å². The molecule has 0 saturated carbocycles. The lowest BCUT2D eigenvalue weighted by Gasteiger charge is -2.28. The van der Waals surface area contributed by atoms with Crippen LogP contribution in [-0.4, -0.2) is 21.8 Å². The van der Waals surface area contributed by atoms with Crippen LogP contribution in [0, 0.1) is 6.92 Å². The number of carbonyl (C=O) groups is 1. The van der Waals surface area contributed by atoms with Crippen LogP contribution in [0.2, 0.25) is 0 Å². The van der Waals surface area contributed by atoms with E-state index in [4.69, 9.17) is 4.74 Å². The van der Waals surface area contributed by atoms with Crippen LogP contribution in [0.1, 0.15) is 46.9 Å². The number of carbonyl (C=O) groups excluding carboxylic acids is 1. The third-order valence-electron chi connectivity index (χ3n) is 4.69. The van der Waals surface area contributed by atoms with Gasteiger partial charge in [0.1, 0.15) is 17.4 Å². The molecule has 0 aliphatic heterocycles. The number of benzene rings is 2. The van der Waals surface area contributed by atoms with Crippen molar-refractivity contribution in [1.29, 1.82) is 0 Å². The van der Waals surface area contributed by atoms with Crippen molar-refractivity contribution in [1.82, 2.24) is 9.88 Å². The SMILES string of the molecule is CCC(C)N(Cc1csc(COc2cccc(C)c2)n1)C(=O)c1ccccc1. The van der Waals surface area contributed by atoms with Gasteiger partial charge in [0, 0.05) is 17.0 Å². The van der Waals surface area contributed by atoms with Gasteiger partial charge in [0.2, 0.25) is 0 Å². The average molecular weight is 395 g/mol. The first-order chi connectivity index (χ1) is 13.6. The van der Waals surface area contributed by atoms with Crippen molar-refractivity contribution in [3.63, 3.8) is 0 Å². The Kier molecular flexibility index (Phi) is 6.82. The van der Waals surface area contributed by atoms with E-state index in [-0.39, 0.29) is 11.9 Å².